The van der Waals surface area contributed by atoms with Crippen LogP contribution in [0.3, 0.4) is 0 Å². The highest BCUT2D eigenvalue weighted by Crippen LogP contribution is 2.47. The number of amides is 1. The molecule has 3 aromatic rings. The van der Waals surface area contributed by atoms with Gasteiger partial charge in [0.1, 0.15) is 11.5 Å². The number of hydrogen-bond acceptors (Lipinski definition) is 5. The number of benzene rings is 1. The lowest BCUT2D eigenvalue weighted by Gasteiger charge is -1.99. The van der Waals surface area contributed by atoms with Gasteiger partial charge in [-0.15, -0.1) is 0 Å². The van der Waals surface area contributed by atoms with E-state index in [2.05, 4.69) is 22.5 Å². The van der Waals surface area contributed by atoms with E-state index in [0.717, 1.165) is 17.9 Å². The maximum Gasteiger partial charge on any atom is 0.295 e. The van der Waals surface area contributed by atoms with Gasteiger partial charge in [0.2, 0.25) is 0 Å². The van der Waals surface area contributed by atoms with Crippen molar-refractivity contribution < 1.29 is 14.3 Å². The van der Waals surface area contributed by atoms with Gasteiger partial charge in [-0.05, 0) is 36.6 Å². The molecule has 0 saturated heterocycles. The molecule has 1 aliphatic carbocycles. The molecule has 0 radical (unpaired) electrons. The first-order valence-corrected chi connectivity index (χ1v) is 8.39. The largest absolute Gasteiger partial charge is 0.504 e. The number of carbonyl (C=O) groups excluding carboxylic acids is 1. The maximum atomic E-state index is 12.2. The summed E-state index contributed by atoms with van der Waals surface area (Å²) in [6.07, 6.45) is 3.95. The van der Waals surface area contributed by atoms with Crippen LogP contribution < -0.4 is 5.43 Å². The van der Waals surface area contributed by atoms with Gasteiger partial charge >= 0.3 is 0 Å². The van der Waals surface area contributed by atoms with Crippen LogP contribution in [0.2, 0.25) is 0 Å². The molecule has 4 rings (SSSR count). The smallest absolute Gasteiger partial charge is 0.295 e. The molecule has 0 unspecified atom stereocenters. The normalized spacial score (nSPS) is 19.0. The summed E-state index contributed by atoms with van der Waals surface area (Å²) in [5, 5.41) is 17.9. The lowest BCUT2D eigenvalue weighted by molar-refractivity contribution is 0.0947. The van der Waals surface area contributed by atoms with Crippen molar-refractivity contribution in [3.05, 3.63) is 65.9 Å². The van der Waals surface area contributed by atoms with Crippen LogP contribution in [-0.4, -0.2) is 27.0 Å². The second-order valence-electron chi connectivity index (χ2n) is 6.40. The van der Waals surface area contributed by atoms with E-state index in [1.165, 1.54) is 17.1 Å². The Bertz CT molecular complexity index is 958. The lowest BCUT2D eigenvalue weighted by atomic mass is 10.3. The maximum absolute atomic E-state index is 12.2. The molecule has 0 bridgehead atoms. The van der Waals surface area contributed by atoms with Crippen molar-refractivity contribution in [3.63, 3.8) is 0 Å². The lowest BCUT2D eigenvalue weighted by Crippen LogP contribution is -2.18. The number of rotatable bonds is 5. The Morgan fingerprint density at radius 3 is 2.85 bits per heavy atom. The van der Waals surface area contributed by atoms with Gasteiger partial charge in [-0.25, -0.2) is 10.1 Å². The van der Waals surface area contributed by atoms with Crippen LogP contribution >= 0.6 is 0 Å². The highest BCUT2D eigenvalue weighted by Gasteiger charge is 2.36. The third kappa shape index (κ3) is 3.23. The zero-order valence-electron chi connectivity index (χ0n) is 14.2. The highest BCUT2D eigenvalue weighted by molar-refractivity contribution is 5.95. The van der Waals surface area contributed by atoms with Crippen molar-refractivity contribution in [3.8, 4) is 11.4 Å². The third-order valence-electron chi connectivity index (χ3n) is 4.41. The van der Waals surface area contributed by atoms with Crippen molar-refractivity contribution in [2.24, 2.45) is 11.0 Å². The predicted molar refractivity (Wildman–Crippen MR) is 95.5 cm³/mol. The number of aromatic hydroxyl groups is 1. The Labute approximate surface area is 150 Å². The molecule has 132 valence electrons. The molecule has 1 fully saturated rings. The summed E-state index contributed by atoms with van der Waals surface area (Å²) in [5.74, 6) is 1.85. The molecule has 2 aromatic heterocycles. The zero-order chi connectivity index (χ0) is 18.1. The fourth-order valence-electron chi connectivity index (χ4n) is 2.80. The van der Waals surface area contributed by atoms with Gasteiger partial charge in [-0.3, -0.25) is 4.79 Å². The number of hydrazone groups is 1. The van der Waals surface area contributed by atoms with E-state index < -0.39 is 5.91 Å². The number of hydrogen-bond donors (Lipinski definition) is 2. The molecule has 0 spiro atoms. The van der Waals surface area contributed by atoms with Gasteiger partial charge < -0.3 is 9.52 Å². The Kier molecular flexibility index (Phi) is 4.04. The van der Waals surface area contributed by atoms with Crippen LogP contribution in [-0.2, 0) is 0 Å². The van der Waals surface area contributed by atoms with Crippen LogP contribution in [0, 0.1) is 5.92 Å². The molecule has 2 heterocycles. The van der Waals surface area contributed by atoms with Crippen LogP contribution in [0.4, 0.5) is 0 Å². The van der Waals surface area contributed by atoms with E-state index in [-0.39, 0.29) is 11.4 Å². The third-order valence-corrected chi connectivity index (χ3v) is 4.41. The summed E-state index contributed by atoms with van der Waals surface area (Å²) in [5.41, 5.74) is 2.99. The topological polar surface area (TPSA) is 92.7 Å². The van der Waals surface area contributed by atoms with Crippen LogP contribution in [0.1, 0.15) is 41.3 Å². The minimum absolute atomic E-state index is 0.0991. The van der Waals surface area contributed by atoms with E-state index in [0.29, 0.717) is 17.6 Å². The second kappa shape index (κ2) is 6.51. The summed E-state index contributed by atoms with van der Waals surface area (Å²) in [4.78, 5) is 12.2. The summed E-state index contributed by atoms with van der Waals surface area (Å²) < 4.78 is 7.12. The van der Waals surface area contributed by atoms with Crippen molar-refractivity contribution >= 4 is 12.1 Å². The van der Waals surface area contributed by atoms with Gasteiger partial charge in [-0.1, -0.05) is 25.1 Å². The first kappa shape index (κ1) is 16.1. The van der Waals surface area contributed by atoms with Gasteiger partial charge in [-0.2, -0.15) is 10.2 Å². The van der Waals surface area contributed by atoms with Crippen molar-refractivity contribution in [1.82, 2.24) is 15.2 Å². The fourth-order valence-corrected chi connectivity index (χ4v) is 2.80. The van der Waals surface area contributed by atoms with E-state index in [1.807, 2.05) is 42.5 Å². The van der Waals surface area contributed by atoms with Crippen molar-refractivity contribution in [1.29, 1.82) is 0 Å². The first-order chi connectivity index (χ1) is 12.6. The fraction of sp³-hybridized carbons (Fsp3) is 0.211. The number of furan rings is 1. The monoisotopic (exact) mass is 350 g/mol. The van der Waals surface area contributed by atoms with Gasteiger partial charge in [0.25, 0.3) is 5.91 Å². The number of nitrogens with zero attached hydrogens (tertiary/aromatic N) is 3. The molecule has 26 heavy (non-hydrogen) atoms. The molecule has 2 atom stereocenters. The van der Waals surface area contributed by atoms with E-state index in [4.69, 9.17) is 4.42 Å². The summed E-state index contributed by atoms with van der Waals surface area (Å²) in [6, 6.07) is 13.0. The molecule has 1 aromatic carbocycles. The van der Waals surface area contributed by atoms with Gasteiger partial charge in [0, 0.05) is 5.92 Å². The van der Waals surface area contributed by atoms with Crippen molar-refractivity contribution in [2.75, 3.05) is 0 Å². The number of para-hydroxylation sites is 1. The quantitative estimate of drug-likeness (QED) is 0.546. The average Bonchev–Trinajstić information content (AvgIpc) is 3.05. The Morgan fingerprint density at radius 2 is 2.12 bits per heavy atom. The molecule has 1 amide bonds. The van der Waals surface area contributed by atoms with Crippen LogP contribution in [0.25, 0.3) is 5.69 Å². The minimum atomic E-state index is -0.601. The van der Waals surface area contributed by atoms with Crippen LogP contribution in [0.5, 0.6) is 5.75 Å². The van der Waals surface area contributed by atoms with E-state index in [1.54, 1.807) is 0 Å². The minimum Gasteiger partial charge on any atom is -0.504 e. The summed E-state index contributed by atoms with van der Waals surface area (Å²) >= 11 is 0. The molecule has 7 heteroatoms. The predicted octanol–water partition coefficient (Wildman–Crippen LogP) is 3.06. The van der Waals surface area contributed by atoms with Crippen LogP contribution in [0.15, 0.2) is 58.2 Å². The number of carbonyl (C=O) groups is 1. The standard InChI is InChI=1S/C19H18N4O3/c1-12-9-15(12)17-8-7-14(26-17)10-20-21-19(25)18-16(24)11-23(22-18)13-5-3-2-4-6-13/h2-8,10-12,15,24H,9H2,1H3,(H,21,25)/b20-10-/t12-,15-/m0/s1. The molecule has 0 aliphatic heterocycles. The molecule has 1 aliphatic rings. The van der Waals surface area contributed by atoms with E-state index in [9.17, 15) is 9.90 Å². The van der Waals surface area contributed by atoms with Gasteiger partial charge in [0.05, 0.1) is 18.1 Å². The Balaban J connectivity index is 1.42. The first-order valence-electron chi connectivity index (χ1n) is 8.39. The second-order valence-corrected chi connectivity index (χ2v) is 6.40. The number of nitrogens with one attached hydrogen (secondary N) is 1. The van der Waals surface area contributed by atoms with Gasteiger partial charge in [0.15, 0.2) is 11.4 Å². The molecule has 7 nitrogen and oxygen atoms in total. The molecule has 1 saturated carbocycles. The van der Waals surface area contributed by atoms with E-state index >= 15 is 0 Å². The van der Waals surface area contributed by atoms with Crippen molar-refractivity contribution in [2.45, 2.75) is 19.3 Å². The molecular formula is C19H18N4O3. The Morgan fingerprint density at radius 1 is 1.35 bits per heavy atom. The summed E-state index contributed by atoms with van der Waals surface area (Å²) in [6.45, 7) is 2.18. The molecule has 2 N–H and O–H groups in total. The Hall–Kier alpha value is -3.35. The highest BCUT2D eigenvalue weighted by atomic mass is 16.3. The zero-order valence-corrected chi connectivity index (χ0v) is 14.2. The SMILES string of the molecule is C[C@H]1C[C@@H]1c1ccc(/C=N\NC(=O)c2nn(-c3ccccc3)cc2O)o1. The average molecular weight is 350 g/mol. The summed E-state index contributed by atoms with van der Waals surface area (Å²) in [7, 11) is 0. The molecular weight excluding hydrogens is 332 g/mol. The number of aromatic nitrogens is 2.